The van der Waals surface area contributed by atoms with Crippen molar-refractivity contribution in [2.45, 2.75) is 39.0 Å². The number of aryl methyl sites for hydroxylation is 1. The van der Waals surface area contributed by atoms with Gasteiger partial charge in [0, 0.05) is 0 Å². The summed E-state index contributed by atoms with van der Waals surface area (Å²) in [5, 5.41) is 5.87. The number of aromatic amines is 1. The molecule has 1 heterocycles. The van der Waals surface area contributed by atoms with E-state index in [0.29, 0.717) is 0 Å². The minimum atomic E-state index is 0.117. The molecule has 4 aromatic carbocycles. The molecule has 0 saturated carbocycles. The Bertz CT molecular complexity index is 1410. The average molecular weight is 380 g/mol. The van der Waals surface area contributed by atoms with Crippen molar-refractivity contribution in [2.75, 3.05) is 0 Å². The molecule has 0 aliphatic carbocycles. The summed E-state index contributed by atoms with van der Waals surface area (Å²) in [7, 11) is 0. The molecule has 2 heteroatoms. The van der Waals surface area contributed by atoms with Gasteiger partial charge in [0.1, 0.15) is 0 Å². The summed E-state index contributed by atoms with van der Waals surface area (Å²) < 4.78 is 0. The third kappa shape index (κ3) is 3.09. The van der Waals surface area contributed by atoms with Gasteiger partial charge in [-0.2, -0.15) is 0 Å². The minimum absolute atomic E-state index is 0.117. The van der Waals surface area contributed by atoms with Crippen molar-refractivity contribution in [3.63, 3.8) is 0 Å². The molecule has 0 amide bonds. The maximum absolute atomic E-state index is 13.6. The second kappa shape index (κ2) is 7.36. The molecule has 5 rings (SSSR count). The van der Waals surface area contributed by atoms with Gasteiger partial charge in [0.2, 0.25) is 0 Å². The van der Waals surface area contributed by atoms with E-state index in [9.17, 15) is 4.79 Å². The molecule has 0 spiro atoms. The molecule has 0 unspecified atom stereocenters. The first kappa shape index (κ1) is 17.9. The fraction of sp³-hybridized carbons (Fsp3) is 0.222. The zero-order chi connectivity index (χ0) is 19.8. The van der Waals surface area contributed by atoms with E-state index in [1.54, 1.807) is 0 Å². The van der Waals surface area contributed by atoms with E-state index in [-0.39, 0.29) is 5.43 Å². The zero-order valence-corrected chi connectivity index (χ0v) is 16.8. The summed E-state index contributed by atoms with van der Waals surface area (Å²) in [5.41, 5.74) is 3.27. The van der Waals surface area contributed by atoms with Crippen molar-refractivity contribution >= 4 is 43.4 Å². The van der Waals surface area contributed by atoms with Gasteiger partial charge in [-0.3, -0.25) is 4.79 Å². The summed E-state index contributed by atoms with van der Waals surface area (Å²) >= 11 is 0. The second-order valence-electron chi connectivity index (χ2n) is 8.02. The molecule has 29 heavy (non-hydrogen) atoms. The van der Waals surface area contributed by atoms with Crippen LogP contribution in [0.4, 0.5) is 0 Å². The molecule has 144 valence electrons. The molecule has 0 radical (unpaired) electrons. The number of fused-ring (bicyclic) bond motifs is 6. The molecule has 1 aromatic heterocycles. The lowest BCUT2D eigenvalue weighted by Crippen LogP contribution is -2.05. The number of hydrogen-bond acceptors (Lipinski definition) is 1. The molecule has 2 nitrogen and oxygen atoms in total. The second-order valence-corrected chi connectivity index (χ2v) is 8.02. The third-order valence-corrected chi connectivity index (χ3v) is 6.06. The van der Waals surface area contributed by atoms with Crippen molar-refractivity contribution in [1.82, 2.24) is 4.98 Å². The molecule has 5 aromatic rings. The largest absolute Gasteiger partial charge is 0.354 e. The molecule has 0 aliphatic heterocycles. The normalized spacial score (nSPS) is 11.8. The van der Waals surface area contributed by atoms with Crippen LogP contribution in [0, 0.1) is 0 Å². The van der Waals surface area contributed by atoms with Gasteiger partial charge in [-0.05, 0) is 52.1 Å². The standard InChI is InChI=1S/C27H25NO/c1-2-3-4-5-8-18-11-14-22-20(17-18)13-16-24-26(22)27(29)25-21-10-7-6-9-19(21)12-15-23(25)28-24/h6-7,9-17H,2-5,8H2,1H3,(H,28,29). The van der Waals surface area contributed by atoms with Crippen LogP contribution in [0.1, 0.15) is 38.2 Å². The Morgan fingerprint density at radius 1 is 0.724 bits per heavy atom. The average Bonchev–Trinajstić information content (AvgIpc) is 2.76. The molecule has 0 saturated heterocycles. The smallest absolute Gasteiger partial charge is 0.198 e. The fourth-order valence-corrected chi connectivity index (χ4v) is 4.53. The van der Waals surface area contributed by atoms with Crippen LogP contribution in [0.3, 0.4) is 0 Å². The number of aromatic nitrogens is 1. The van der Waals surface area contributed by atoms with Gasteiger partial charge in [-0.25, -0.2) is 0 Å². The van der Waals surface area contributed by atoms with Gasteiger partial charge in [-0.1, -0.05) is 80.8 Å². The Kier molecular flexibility index (Phi) is 4.55. The van der Waals surface area contributed by atoms with Gasteiger partial charge in [0.05, 0.1) is 21.8 Å². The Morgan fingerprint density at radius 3 is 2.24 bits per heavy atom. The summed E-state index contributed by atoms with van der Waals surface area (Å²) in [6, 6.07) is 23.0. The highest BCUT2D eigenvalue weighted by atomic mass is 16.1. The highest BCUT2D eigenvalue weighted by Gasteiger charge is 2.12. The lowest BCUT2D eigenvalue weighted by Gasteiger charge is -2.10. The number of unbranched alkanes of at least 4 members (excludes halogenated alkanes) is 3. The van der Waals surface area contributed by atoms with E-state index in [1.165, 1.54) is 31.2 Å². The Morgan fingerprint density at radius 2 is 1.45 bits per heavy atom. The number of benzene rings is 4. The summed E-state index contributed by atoms with van der Waals surface area (Å²) in [6.45, 7) is 2.24. The Labute approximate surface area is 170 Å². The van der Waals surface area contributed by atoms with Crippen LogP contribution in [-0.2, 0) is 6.42 Å². The van der Waals surface area contributed by atoms with Crippen LogP contribution < -0.4 is 5.43 Å². The monoisotopic (exact) mass is 379 g/mol. The number of pyridine rings is 1. The fourth-order valence-electron chi connectivity index (χ4n) is 4.53. The number of nitrogens with one attached hydrogen (secondary N) is 1. The van der Waals surface area contributed by atoms with Crippen molar-refractivity contribution in [2.24, 2.45) is 0 Å². The van der Waals surface area contributed by atoms with Gasteiger partial charge in [0.15, 0.2) is 5.43 Å². The first-order valence-corrected chi connectivity index (χ1v) is 10.7. The lowest BCUT2D eigenvalue weighted by molar-refractivity contribution is 0.667. The van der Waals surface area contributed by atoms with Crippen LogP contribution in [0.2, 0.25) is 0 Å². The van der Waals surface area contributed by atoms with Crippen molar-refractivity contribution < 1.29 is 0 Å². The topological polar surface area (TPSA) is 32.9 Å². The van der Waals surface area contributed by atoms with Crippen LogP contribution >= 0.6 is 0 Å². The molecule has 0 fully saturated rings. The maximum Gasteiger partial charge on any atom is 0.198 e. The first-order chi connectivity index (χ1) is 14.3. The van der Waals surface area contributed by atoms with Crippen molar-refractivity contribution in [3.05, 3.63) is 82.5 Å². The van der Waals surface area contributed by atoms with Crippen molar-refractivity contribution in [1.29, 1.82) is 0 Å². The molecule has 0 atom stereocenters. The van der Waals surface area contributed by atoms with E-state index in [0.717, 1.165) is 49.8 Å². The molecular formula is C27H25NO. The highest BCUT2D eigenvalue weighted by molar-refractivity contribution is 6.14. The van der Waals surface area contributed by atoms with Crippen LogP contribution in [-0.4, -0.2) is 4.98 Å². The van der Waals surface area contributed by atoms with Gasteiger partial charge >= 0.3 is 0 Å². The van der Waals surface area contributed by atoms with E-state index in [2.05, 4.69) is 54.4 Å². The van der Waals surface area contributed by atoms with E-state index in [1.807, 2.05) is 24.3 Å². The van der Waals surface area contributed by atoms with E-state index in [4.69, 9.17) is 0 Å². The quantitative estimate of drug-likeness (QED) is 0.197. The van der Waals surface area contributed by atoms with E-state index >= 15 is 0 Å². The molecule has 1 N–H and O–H groups in total. The van der Waals surface area contributed by atoms with Gasteiger partial charge < -0.3 is 4.98 Å². The predicted molar refractivity (Wildman–Crippen MR) is 125 cm³/mol. The van der Waals surface area contributed by atoms with Crippen LogP contribution in [0.25, 0.3) is 43.4 Å². The number of hydrogen-bond donors (Lipinski definition) is 1. The molecule has 0 aliphatic rings. The van der Waals surface area contributed by atoms with Crippen LogP contribution in [0.15, 0.2) is 71.5 Å². The zero-order valence-electron chi connectivity index (χ0n) is 16.8. The minimum Gasteiger partial charge on any atom is -0.354 e. The first-order valence-electron chi connectivity index (χ1n) is 10.7. The lowest BCUT2D eigenvalue weighted by atomic mass is 9.97. The Balaban J connectivity index is 1.72. The highest BCUT2D eigenvalue weighted by Crippen LogP contribution is 2.28. The third-order valence-electron chi connectivity index (χ3n) is 6.06. The molecule has 0 bridgehead atoms. The summed E-state index contributed by atoms with van der Waals surface area (Å²) in [5.74, 6) is 0. The summed E-state index contributed by atoms with van der Waals surface area (Å²) in [6.07, 6.45) is 6.17. The van der Waals surface area contributed by atoms with Gasteiger partial charge in [0.25, 0.3) is 0 Å². The number of rotatable bonds is 5. The summed E-state index contributed by atoms with van der Waals surface area (Å²) in [4.78, 5) is 17.1. The molecular weight excluding hydrogens is 354 g/mol. The number of H-pyrrole nitrogens is 1. The predicted octanol–water partition coefficient (Wildman–Crippen LogP) is 7.11. The van der Waals surface area contributed by atoms with Gasteiger partial charge in [-0.15, -0.1) is 0 Å². The van der Waals surface area contributed by atoms with E-state index < -0.39 is 0 Å². The SMILES string of the molecule is CCCCCCc1ccc2c(ccc3[nH]c4ccc5ccccc5c4c(=O)c32)c1. The van der Waals surface area contributed by atoms with Crippen LogP contribution in [0.5, 0.6) is 0 Å². The van der Waals surface area contributed by atoms with Crippen molar-refractivity contribution in [3.8, 4) is 0 Å². The Hall–Kier alpha value is -3.13. The maximum atomic E-state index is 13.6.